The van der Waals surface area contributed by atoms with Gasteiger partial charge in [-0.25, -0.2) is 0 Å². The summed E-state index contributed by atoms with van der Waals surface area (Å²) in [6.45, 7) is 12.3. The molecule has 12 atom stereocenters. The number of rotatable bonds is 20. The van der Waals surface area contributed by atoms with Gasteiger partial charge in [-0.05, 0) is 73.5 Å². The van der Waals surface area contributed by atoms with Crippen LogP contribution in [-0.4, -0.2) is 121 Å². The summed E-state index contributed by atoms with van der Waals surface area (Å²) in [6.07, 6.45) is 3.63. The van der Waals surface area contributed by atoms with Crippen molar-refractivity contribution in [3.8, 4) is 0 Å². The minimum atomic E-state index is -0.726. The molecule has 4 rings (SSSR count). The van der Waals surface area contributed by atoms with Crippen molar-refractivity contribution in [2.45, 2.75) is 135 Å². The van der Waals surface area contributed by atoms with E-state index in [2.05, 4.69) is 63.1 Å². The number of methoxy groups -OCH3 is 2. The van der Waals surface area contributed by atoms with Gasteiger partial charge in [0.1, 0.15) is 6.04 Å². The number of aliphatic hydroxyl groups is 1. The van der Waals surface area contributed by atoms with Gasteiger partial charge in [0, 0.05) is 39.5 Å². The summed E-state index contributed by atoms with van der Waals surface area (Å²) in [5.41, 5.74) is 1.95. The molecule has 310 valence electrons. The van der Waals surface area contributed by atoms with E-state index in [4.69, 9.17) is 9.47 Å². The number of carbonyl (C=O) groups excluding carboxylic acids is 4. The van der Waals surface area contributed by atoms with Crippen molar-refractivity contribution in [1.82, 2.24) is 25.8 Å². The SMILES string of the molecule is CC[C@H](C)C([C@@H](CC(=O)N1CCC[C@H]1[C@H](OC)[C@@H](C)C(=O)N[C@H](CO)Cc1ccc(NI)cc1)OC)N(C)C(=O)[C@@H](NC(=O)[C@H]1N[C@H]2CC[C@H]1[C@@H]2C)C(C)C. The standard InChI is InChI=1S/C41H67IN6O7/c1-10-24(4)37(47(7)41(53)35(23(2)3)45-40(52)36-30-17-18-31(44-36)25(30)5)33(54-8)21-34(50)48-19-11-12-32(48)38(55-9)26(6)39(51)43-29(22-49)20-27-13-15-28(46-42)16-14-27/h13-16,23-26,29-33,35-38,44,46,49H,10-12,17-22H2,1-9H3,(H,43,51)(H,45,52)/t24-,25-,26+,29-,30-,31-,32-,33+,35-,36-,37?,38+/m0/s1. The number of piperidine rings is 1. The fourth-order valence-corrected chi connectivity index (χ4v) is 9.65. The third kappa shape index (κ3) is 10.7. The highest BCUT2D eigenvalue weighted by molar-refractivity contribution is 14.1. The van der Waals surface area contributed by atoms with Crippen LogP contribution >= 0.6 is 22.9 Å². The molecule has 2 heterocycles. The Morgan fingerprint density at radius 2 is 1.73 bits per heavy atom. The van der Waals surface area contributed by atoms with Crippen LogP contribution in [0.15, 0.2) is 24.3 Å². The molecule has 1 aliphatic carbocycles. The number of likely N-dealkylation sites (tertiary alicyclic amines) is 1. The van der Waals surface area contributed by atoms with Crippen LogP contribution in [0.4, 0.5) is 5.69 Å². The normalized spacial score (nSPS) is 25.8. The number of hydrogen-bond donors (Lipinski definition) is 5. The lowest BCUT2D eigenvalue weighted by atomic mass is 9.89. The van der Waals surface area contributed by atoms with Crippen molar-refractivity contribution in [3.63, 3.8) is 0 Å². The number of fused-ring (bicyclic) bond motifs is 2. The highest BCUT2D eigenvalue weighted by Crippen LogP contribution is 2.40. The number of aliphatic hydroxyl groups excluding tert-OH is 1. The van der Waals surface area contributed by atoms with Crippen LogP contribution < -0.4 is 19.5 Å². The first-order chi connectivity index (χ1) is 26.2. The average molecular weight is 883 g/mol. The summed E-state index contributed by atoms with van der Waals surface area (Å²) in [7, 11) is 4.90. The first kappa shape index (κ1) is 45.2. The Hall–Kier alpha value is -2.53. The number of benzene rings is 1. The molecule has 1 aromatic carbocycles. The first-order valence-electron chi connectivity index (χ1n) is 20.3. The van der Waals surface area contributed by atoms with Crippen LogP contribution in [0.2, 0.25) is 0 Å². The van der Waals surface area contributed by atoms with E-state index in [9.17, 15) is 24.3 Å². The molecule has 0 spiro atoms. The number of hydrogen-bond acceptors (Lipinski definition) is 9. The second kappa shape index (κ2) is 20.8. The van der Waals surface area contributed by atoms with Crippen molar-refractivity contribution in [2.24, 2.45) is 29.6 Å². The summed E-state index contributed by atoms with van der Waals surface area (Å²) >= 11 is 2.07. The molecule has 2 saturated heterocycles. The monoisotopic (exact) mass is 882 g/mol. The largest absolute Gasteiger partial charge is 0.394 e. The molecule has 0 radical (unpaired) electrons. The Kier molecular flexibility index (Phi) is 17.1. The number of nitrogens with one attached hydrogen (secondary N) is 4. The molecule has 55 heavy (non-hydrogen) atoms. The number of nitrogens with zero attached hydrogens (tertiary/aromatic N) is 2. The number of anilines is 1. The van der Waals surface area contributed by atoms with Gasteiger partial charge in [0.15, 0.2) is 0 Å². The zero-order chi connectivity index (χ0) is 40.6. The lowest BCUT2D eigenvalue weighted by Gasteiger charge is -2.41. The first-order valence-corrected chi connectivity index (χ1v) is 21.3. The van der Waals surface area contributed by atoms with Gasteiger partial charge in [-0.3, -0.25) is 19.2 Å². The Morgan fingerprint density at radius 3 is 2.25 bits per heavy atom. The molecule has 1 unspecified atom stereocenters. The zero-order valence-electron chi connectivity index (χ0n) is 34.3. The quantitative estimate of drug-likeness (QED) is 0.0967. The van der Waals surface area contributed by atoms with Crippen LogP contribution in [0.3, 0.4) is 0 Å². The third-order valence-electron chi connectivity index (χ3n) is 12.8. The highest BCUT2D eigenvalue weighted by Gasteiger charge is 2.49. The van der Waals surface area contributed by atoms with Gasteiger partial charge in [-0.1, -0.05) is 60.1 Å². The fourth-order valence-electron chi connectivity index (χ4n) is 9.29. The molecular formula is C41H67IN6O7. The van der Waals surface area contributed by atoms with Crippen LogP contribution in [0.5, 0.6) is 0 Å². The molecule has 14 heteroatoms. The van der Waals surface area contributed by atoms with E-state index in [1.165, 1.54) is 0 Å². The number of halogens is 1. The number of likely N-dealkylation sites (N-methyl/N-ethyl adjacent to an activating group) is 1. The summed E-state index contributed by atoms with van der Waals surface area (Å²) in [4.78, 5) is 59.2. The van der Waals surface area contributed by atoms with Crippen molar-refractivity contribution in [1.29, 1.82) is 0 Å². The second-order valence-corrected chi connectivity index (χ2v) is 17.1. The minimum absolute atomic E-state index is 0.00604. The van der Waals surface area contributed by atoms with Gasteiger partial charge in [-0.15, -0.1) is 0 Å². The third-order valence-corrected chi connectivity index (χ3v) is 13.4. The minimum Gasteiger partial charge on any atom is -0.394 e. The van der Waals surface area contributed by atoms with Gasteiger partial charge >= 0.3 is 0 Å². The molecule has 0 aromatic heterocycles. The smallest absolute Gasteiger partial charge is 0.245 e. The maximum Gasteiger partial charge on any atom is 0.245 e. The van der Waals surface area contributed by atoms with Crippen molar-refractivity contribution >= 4 is 52.2 Å². The molecule has 3 aliphatic rings. The van der Waals surface area contributed by atoms with Gasteiger partial charge in [-0.2, -0.15) is 0 Å². The average Bonchev–Trinajstić information content (AvgIpc) is 3.90. The van der Waals surface area contributed by atoms with Crippen molar-refractivity contribution in [3.05, 3.63) is 29.8 Å². The number of amides is 4. The van der Waals surface area contributed by atoms with E-state index < -0.39 is 36.3 Å². The van der Waals surface area contributed by atoms with Crippen LogP contribution in [0, 0.1) is 29.6 Å². The van der Waals surface area contributed by atoms with Gasteiger partial charge in [0.25, 0.3) is 0 Å². The van der Waals surface area contributed by atoms with Crippen molar-refractivity contribution < 1.29 is 33.8 Å². The van der Waals surface area contributed by atoms with Crippen molar-refractivity contribution in [2.75, 3.05) is 37.9 Å². The molecule has 3 fully saturated rings. The van der Waals surface area contributed by atoms with Crippen LogP contribution in [0.1, 0.15) is 85.6 Å². The van der Waals surface area contributed by atoms with E-state index >= 15 is 0 Å². The van der Waals surface area contributed by atoms with Gasteiger partial charge in [0.2, 0.25) is 23.6 Å². The molecule has 1 saturated carbocycles. The summed E-state index contributed by atoms with van der Waals surface area (Å²) in [5.74, 6) is -0.743. The van der Waals surface area contributed by atoms with Crippen LogP contribution in [0.25, 0.3) is 0 Å². The molecule has 4 amide bonds. The topological polar surface area (TPSA) is 162 Å². The summed E-state index contributed by atoms with van der Waals surface area (Å²) in [5, 5.41) is 19.7. The second-order valence-electron chi connectivity index (χ2n) is 16.6. The maximum absolute atomic E-state index is 14.3. The van der Waals surface area contributed by atoms with E-state index in [1.54, 1.807) is 33.1 Å². The Morgan fingerprint density at radius 1 is 1.04 bits per heavy atom. The lowest BCUT2D eigenvalue weighted by molar-refractivity contribution is -0.147. The number of carbonyl (C=O) groups is 4. The summed E-state index contributed by atoms with van der Waals surface area (Å²) in [6, 6.07) is 5.90. The Bertz CT molecular complexity index is 1430. The highest BCUT2D eigenvalue weighted by atomic mass is 127. The molecule has 2 bridgehead atoms. The Labute approximate surface area is 342 Å². The molecule has 1 aromatic rings. The fraction of sp³-hybridized carbons (Fsp3) is 0.756. The number of ether oxygens (including phenoxy) is 2. The zero-order valence-corrected chi connectivity index (χ0v) is 36.5. The summed E-state index contributed by atoms with van der Waals surface area (Å²) < 4.78 is 15.1. The predicted molar refractivity (Wildman–Crippen MR) is 222 cm³/mol. The van der Waals surface area contributed by atoms with E-state index in [1.807, 2.05) is 43.0 Å². The van der Waals surface area contributed by atoms with Crippen LogP contribution in [-0.2, 0) is 35.1 Å². The van der Waals surface area contributed by atoms with E-state index in [-0.39, 0.29) is 66.5 Å². The molecule has 2 aliphatic heterocycles. The molecular weight excluding hydrogens is 815 g/mol. The molecule has 5 N–H and O–H groups in total. The van der Waals surface area contributed by atoms with Gasteiger partial charge in [0.05, 0.1) is 78.2 Å². The van der Waals surface area contributed by atoms with Gasteiger partial charge < -0.3 is 43.9 Å². The Balaban J connectivity index is 1.43. The molecule has 13 nitrogen and oxygen atoms in total. The maximum atomic E-state index is 14.3. The van der Waals surface area contributed by atoms with E-state index in [0.29, 0.717) is 31.3 Å². The lowest BCUT2D eigenvalue weighted by Crippen LogP contribution is -2.60. The predicted octanol–water partition coefficient (Wildman–Crippen LogP) is 3.92. The van der Waals surface area contributed by atoms with E-state index in [0.717, 1.165) is 36.9 Å².